The second-order valence-electron chi connectivity index (χ2n) is 5.78. The van der Waals surface area contributed by atoms with Crippen LogP contribution in [0.2, 0.25) is 0 Å². The molecule has 1 rings (SSSR count). The summed E-state index contributed by atoms with van der Waals surface area (Å²) in [5.74, 6) is -0.899. The van der Waals surface area contributed by atoms with E-state index in [0.29, 0.717) is 19.6 Å². The van der Waals surface area contributed by atoms with Gasteiger partial charge in [-0.05, 0) is 51.5 Å². The standard InChI is InChI=1S/C16H25FN2O4S/c1-12(2)23-11-5-10-18-16(20)13(3)19(24(4,21)22)15-8-6-14(17)7-9-15/h6-9,12-13H,5,10-11H2,1-4H3,(H,18,20)/t13-/m0/s1. The number of anilines is 1. The highest BCUT2D eigenvalue weighted by atomic mass is 32.2. The first kappa shape index (κ1) is 20.4. The molecular weight excluding hydrogens is 335 g/mol. The number of benzene rings is 1. The van der Waals surface area contributed by atoms with Crippen LogP contribution in [-0.2, 0) is 19.6 Å². The second kappa shape index (κ2) is 8.98. The van der Waals surface area contributed by atoms with Crippen LogP contribution < -0.4 is 9.62 Å². The zero-order chi connectivity index (χ0) is 18.3. The number of nitrogens with one attached hydrogen (secondary N) is 1. The Morgan fingerprint density at radius 1 is 1.25 bits per heavy atom. The number of ether oxygens (including phenoxy) is 1. The molecular formula is C16H25FN2O4S. The lowest BCUT2D eigenvalue weighted by Crippen LogP contribution is -2.48. The van der Waals surface area contributed by atoms with Gasteiger partial charge in [0, 0.05) is 13.2 Å². The number of amides is 1. The zero-order valence-corrected chi connectivity index (χ0v) is 15.3. The summed E-state index contributed by atoms with van der Waals surface area (Å²) >= 11 is 0. The van der Waals surface area contributed by atoms with Gasteiger partial charge in [-0.1, -0.05) is 0 Å². The third-order valence-corrected chi connectivity index (χ3v) is 4.48. The van der Waals surface area contributed by atoms with Gasteiger partial charge in [0.05, 0.1) is 18.0 Å². The fourth-order valence-electron chi connectivity index (χ4n) is 2.15. The first-order valence-corrected chi connectivity index (χ1v) is 9.62. The van der Waals surface area contributed by atoms with Gasteiger partial charge in [0.15, 0.2) is 0 Å². The number of nitrogens with zero attached hydrogens (tertiary/aromatic N) is 1. The molecule has 6 nitrogen and oxygen atoms in total. The lowest BCUT2D eigenvalue weighted by molar-refractivity contribution is -0.121. The van der Waals surface area contributed by atoms with E-state index in [1.54, 1.807) is 0 Å². The molecule has 8 heteroatoms. The molecule has 0 aromatic heterocycles. The molecule has 0 fully saturated rings. The third-order valence-electron chi connectivity index (χ3n) is 3.24. The topological polar surface area (TPSA) is 75.7 Å². The van der Waals surface area contributed by atoms with Gasteiger partial charge in [0.25, 0.3) is 0 Å². The Morgan fingerprint density at radius 3 is 2.33 bits per heavy atom. The van der Waals surface area contributed by atoms with Crippen LogP contribution in [-0.4, -0.2) is 45.9 Å². The zero-order valence-electron chi connectivity index (χ0n) is 14.5. The van der Waals surface area contributed by atoms with Crippen LogP contribution in [0.25, 0.3) is 0 Å². The van der Waals surface area contributed by atoms with Crippen molar-refractivity contribution in [3.63, 3.8) is 0 Å². The third kappa shape index (κ3) is 6.45. The highest BCUT2D eigenvalue weighted by Gasteiger charge is 2.28. The van der Waals surface area contributed by atoms with Crippen molar-refractivity contribution in [2.24, 2.45) is 0 Å². The van der Waals surface area contributed by atoms with Gasteiger partial charge in [-0.25, -0.2) is 12.8 Å². The number of sulfonamides is 1. The lowest BCUT2D eigenvalue weighted by atomic mass is 10.2. The molecule has 1 atom stereocenters. The van der Waals surface area contributed by atoms with E-state index < -0.39 is 27.8 Å². The van der Waals surface area contributed by atoms with Crippen molar-refractivity contribution in [1.29, 1.82) is 0 Å². The van der Waals surface area contributed by atoms with E-state index in [0.717, 1.165) is 22.7 Å². The van der Waals surface area contributed by atoms with Gasteiger partial charge in [-0.15, -0.1) is 0 Å². The molecule has 24 heavy (non-hydrogen) atoms. The minimum absolute atomic E-state index is 0.124. The average Bonchev–Trinajstić information content (AvgIpc) is 2.47. The van der Waals surface area contributed by atoms with Gasteiger partial charge >= 0.3 is 0 Å². The number of hydrogen-bond acceptors (Lipinski definition) is 4. The van der Waals surface area contributed by atoms with Crippen LogP contribution >= 0.6 is 0 Å². The predicted molar refractivity (Wildman–Crippen MR) is 91.9 cm³/mol. The summed E-state index contributed by atoms with van der Waals surface area (Å²) in [5, 5.41) is 2.69. The van der Waals surface area contributed by atoms with Crippen molar-refractivity contribution in [3.8, 4) is 0 Å². The molecule has 0 saturated carbocycles. The second-order valence-corrected chi connectivity index (χ2v) is 7.63. The number of carbonyl (C=O) groups excluding carboxylic acids is 1. The Hall–Kier alpha value is -1.67. The van der Waals surface area contributed by atoms with E-state index in [2.05, 4.69) is 5.32 Å². The van der Waals surface area contributed by atoms with Crippen molar-refractivity contribution < 1.29 is 22.3 Å². The van der Waals surface area contributed by atoms with E-state index in [9.17, 15) is 17.6 Å². The molecule has 0 spiro atoms. The maximum Gasteiger partial charge on any atom is 0.243 e. The maximum atomic E-state index is 13.0. The quantitative estimate of drug-likeness (QED) is 0.683. The molecule has 136 valence electrons. The van der Waals surface area contributed by atoms with Gasteiger partial charge in [0.2, 0.25) is 15.9 Å². The number of carbonyl (C=O) groups is 1. The van der Waals surface area contributed by atoms with E-state index >= 15 is 0 Å². The lowest BCUT2D eigenvalue weighted by Gasteiger charge is -2.28. The van der Waals surface area contributed by atoms with Crippen LogP contribution in [0.5, 0.6) is 0 Å². The largest absolute Gasteiger partial charge is 0.379 e. The molecule has 0 aliphatic carbocycles. The van der Waals surface area contributed by atoms with Crippen LogP contribution in [0.1, 0.15) is 27.2 Å². The van der Waals surface area contributed by atoms with Crippen molar-refractivity contribution in [2.45, 2.75) is 39.3 Å². The van der Waals surface area contributed by atoms with Gasteiger partial charge in [-0.2, -0.15) is 0 Å². The summed E-state index contributed by atoms with van der Waals surface area (Å²) < 4.78 is 43.5. The normalized spacial score (nSPS) is 12.9. The van der Waals surface area contributed by atoms with E-state index in [4.69, 9.17) is 4.74 Å². The Bertz CT molecular complexity index is 632. The van der Waals surface area contributed by atoms with E-state index in [-0.39, 0.29) is 11.8 Å². The van der Waals surface area contributed by atoms with Gasteiger partial charge < -0.3 is 10.1 Å². The summed E-state index contributed by atoms with van der Waals surface area (Å²) in [6, 6.07) is 4.02. The molecule has 0 aliphatic rings. The minimum atomic E-state index is -3.70. The summed E-state index contributed by atoms with van der Waals surface area (Å²) in [6.45, 7) is 6.24. The first-order chi connectivity index (χ1) is 11.1. The highest BCUT2D eigenvalue weighted by molar-refractivity contribution is 7.92. The molecule has 0 radical (unpaired) electrons. The van der Waals surface area contributed by atoms with Crippen molar-refractivity contribution in [3.05, 3.63) is 30.1 Å². The molecule has 0 bridgehead atoms. The van der Waals surface area contributed by atoms with Crippen molar-refractivity contribution >= 4 is 21.6 Å². The van der Waals surface area contributed by atoms with Crippen LogP contribution in [0.3, 0.4) is 0 Å². The molecule has 0 heterocycles. The summed E-state index contributed by atoms with van der Waals surface area (Å²) in [7, 11) is -3.70. The van der Waals surface area contributed by atoms with Gasteiger partial charge in [-0.3, -0.25) is 9.10 Å². The fraction of sp³-hybridized carbons (Fsp3) is 0.562. The molecule has 1 aromatic rings. The summed E-state index contributed by atoms with van der Waals surface area (Å²) in [6.07, 6.45) is 1.77. The number of rotatable bonds is 9. The van der Waals surface area contributed by atoms with Crippen LogP contribution in [0.15, 0.2) is 24.3 Å². The fourth-order valence-corrected chi connectivity index (χ4v) is 3.32. The minimum Gasteiger partial charge on any atom is -0.379 e. The summed E-state index contributed by atoms with van der Waals surface area (Å²) in [4.78, 5) is 12.2. The smallest absolute Gasteiger partial charge is 0.243 e. The molecule has 1 amide bonds. The highest BCUT2D eigenvalue weighted by Crippen LogP contribution is 2.21. The number of halogens is 1. The maximum absolute atomic E-state index is 13.0. The van der Waals surface area contributed by atoms with Crippen molar-refractivity contribution in [2.75, 3.05) is 23.7 Å². The van der Waals surface area contributed by atoms with Crippen LogP contribution in [0, 0.1) is 5.82 Å². The molecule has 0 unspecified atom stereocenters. The molecule has 1 N–H and O–H groups in total. The van der Waals surface area contributed by atoms with E-state index in [1.807, 2.05) is 13.8 Å². The number of hydrogen-bond donors (Lipinski definition) is 1. The summed E-state index contributed by atoms with van der Waals surface area (Å²) in [5.41, 5.74) is 0.240. The first-order valence-electron chi connectivity index (χ1n) is 7.77. The van der Waals surface area contributed by atoms with E-state index in [1.165, 1.54) is 19.1 Å². The molecule has 1 aromatic carbocycles. The Morgan fingerprint density at radius 2 is 1.83 bits per heavy atom. The predicted octanol–water partition coefficient (Wildman–Crippen LogP) is 1.91. The Labute approximate surface area is 143 Å². The molecule has 0 aliphatic heterocycles. The molecule has 0 saturated heterocycles. The van der Waals surface area contributed by atoms with Crippen LogP contribution in [0.4, 0.5) is 10.1 Å². The Balaban J connectivity index is 2.73. The Kier molecular flexibility index (Phi) is 7.62. The SMILES string of the molecule is CC(C)OCCCNC(=O)[C@H](C)N(c1ccc(F)cc1)S(C)(=O)=O. The average molecular weight is 360 g/mol. The van der Waals surface area contributed by atoms with Crippen molar-refractivity contribution in [1.82, 2.24) is 5.32 Å². The monoisotopic (exact) mass is 360 g/mol. The van der Waals surface area contributed by atoms with Gasteiger partial charge in [0.1, 0.15) is 11.9 Å².